The van der Waals surface area contributed by atoms with E-state index in [2.05, 4.69) is 0 Å². The molecule has 1 heterocycles. The molecule has 0 unspecified atom stereocenters. The number of benzene rings is 1. The van der Waals surface area contributed by atoms with Gasteiger partial charge in [0.1, 0.15) is 23.3 Å². The van der Waals surface area contributed by atoms with Gasteiger partial charge in [-0.2, -0.15) is 0 Å². The number of nitrogens with zero attached hydrogens (tertiary/aromatic N) is 2. The quantitative estimate of drug-likeness (QED) is 0.664. The van der Waals surface area contributed by atoms with E-state index in [-0.39, 0.29) is 16.6 Å². The van der Waals surface area contributed by atoms with Crippen LogP contribution in [-0.4, -0.2) is 41.5 Å². The third-order valence-electron chi connectivity index (χ3n) is 5.33. The number of hydrogen-bond acceptors (Lipinski definition) is 4. The number of halogens is 3. The number of imide groups is 1. The third-order valence-corrected chi connectivity index (χ3v) is 5.62. The number of hydrogen-bond donors (Lipinski definition) is 0. The average Bonchev–Trinajstić information content (AvgIpc) is 3.17. The van der Waals surface area contributed by atoms with E-state index in [1.807, 2.05) is 0 Å². The van der Waals surface area contributed by atoms with Crippen molar-refractivity contribution < 1.29 is 27.9 Å². The van der Waals surface area contributed by atoms with Crippen molar-refractivity contribution >= 4 is 35.2 Å². The molecule has 6 nitrogen and oxygen atoms in total. The van der Waals surface area contributed by atoms with Gasteiger partial charge in [0.2, 0.25) is 5.91 Å². The summed E-state index contributed by atoms with van der Waals surface area (Å²) in [5.41, 5.74) is -1.09. The molecule has 0 aromatic heterocycles. The zero-order chi connectivity index (χ0) is 21.7. The normalized spacial score (nSPS) is 23.9. The molecule has 158 valence electrons. The third kappa shape index (κ3) is 3.95. The van der Waals surface area contributed by atoms with Crippen LogP contribution in [0.1, 0.15) is 40.0 Å². The molecule has 3 rings (SSSR count). The topological polar surface area (TPSA) is 66.9 Å². The molecule has 1 saturated carbocycles. The number of amides is 3. The molecule has 1 saturated heterocycles. The highest BCUT2D eigenvalue weighted by Gasteiger charge is 2.57. The number of likely N-dealkylation sites (N-methyl/N-ethyl adjacent to an activating group) is 1. The van der Waals surface area contributed by atoms with Crippen molar-refractivity contribution in [1.29, 1.82) is 0 Å². The number of likely N-dealkylation sites (tertiary alicyclic amines) is 1. The first kappa shape index (κ1) is 21.5. The van der Waals surface area contributed by atoms with Gasteiger partial charge in [0, 0.05) is 24.9 Å². The summed E-state index contributed by atoms with van der Waals surface area (Å²) in [5, 5.41) is -0.341. The van der Waals surface area contributed by atoms with Crippen molar-refractivity contribution in [2.24, 2.45) is 11.8 Å². The Hall–Kier alpha value is -2.22. The standard InChI is InChI=1S/C20H23ClF2N2O4/c1-20(2,3)29-19(28)25-16(10-6-5-7-11(10)17(25)26)18(27)24(4)15-8-12(21)13(22)9-14(15)23/h8-11,16H,5-7H2,1-4H3/t10-,11+,16-/m0/s1. The second-order valence-corrected chi connectivity index (χ2v) is 8.86. The fourth-order valence-corrected chi connectivity index (χ4v) is 4.23. The van der Waals surface area contributed by atoms with Crippen LogP contribution in [0.4, 0.5) is 19.3 Å². The smallest absolute Gasteiger partial charge is 0.417 e. The minimum atomic E-state index is -1.11. The lowest BCUT2D eigenvalue weighted by Crippen LogP contribution is -2.51. The Labute approximate surface area is 172 Å². The van der Waals surface area contributed by atoms with Gasteiger partial charge in [-0.15, -0.1) is 0 Å². The molecule has 1 aliphatic heterocycles. The van der Waals surface area contributed by atoms with Crippen molar-refractivity contribution in [3.05, 3.63) is 28.8 Å². The Kier molecular flexibility index (Phi) is 5.60. The van der Waals surface area contributed by atoms with Gasteiger partial charge in [-0.05, 0) is 39.7 Å². The lowest BCUT2D eigenvalue weighted by Gasteiger charge is -2.31. The zero-order valence-electron chi connectivity index (χ0n) is 16.7. The Bertz CT molecular complexity index is 871. The van der Waals surface area contributed by atoms with E-state index in [0.717, 1.165) is 22.3 Å². The van der Waals surface area contributed by atoms with Crippen LogP contribution >= 0.6 is 11.6 Å². The summed E-state index contributed by atoms with van der Waals surface area (Å²) in [6.07, 6.45) is 1.02. The number of fused-ring (bicyclic) bond motifs is 1. The fraction of sp³-hybridized carbons (Fsp3) is 0.550. The number of anilines is 1. The molecule has 9 heteroatoms. The highest BCUT2D eigenvalue weighted by atomic mass is 35.5. The van der Waals surface area contributed by atoms with E-state index in [1.54, 1.807) is 20.8 Å². The molecule has 2 fully saturated rings. The maximum atomic E-state index is 14.3. The van der Waals surface area contributed by atoms with E-state index < -0.39 is 47.1 Å². The Morgan fingerprint density at radius 3 is 2.48 bits per heavy atom. The van der Waals surface area contributed by atoms with Crippen molar-refractivity contribution in [3.8, 4) is 0 Å². The second kappa shape index (κ2) is 7.55. The first-order valence-electron chi connectivity index (χ1n) is 9.40. The van der Waals surface area contributed by atoms with E-state index in [9.17, 15) is 23.2 Å². The van der Waals surface area contributed by atoms with Gasteiger partial charge in [0.25, 0.3) is 5.91 Å². The van der Waals surface area contributed by atoms with Gasteiger partial charge in [0.05, 0.1) is 10.7 Å². The maximum absolute atomic E-state index is 14.3. The molecule has 1 aromatic carbocycles. The van der Waals surface area contributed by atoms with Gasteiger partial charge < -0.3 is 9.64 Å². The minimum absolute atomic E-state index is 0.237. The van der Waals surface area contributed by atoms with Gasteiger partial charge in [0.15, 0.2) is 0 Å². The SMILES string of the molecule is CN(C(=O)[C@@H]1[C@H]2CCC[C@H]2C(=O)N1C(=O)OC(C)(C)C)c1cc(Cl)c(F)cc1F. The van der Waals surface area contributed by atoms with Crippen LogP contribution in [0.3, 0.4) is 0 Å². The molecule has 3 amide bonds. The lowest BCUT2D eigenvalue weighted by atomic mass is 9.93. The molecule has 2 aliphatic rings. The summed E-state index contributed by atoms with van der Waals surface area (Å²) in [4.78, 5) is 40.7. The number of carbonyl (C=O) groups is 3. The van der Waals surface area contributed by atoms with Crippen molar-refractivity contribution in [2.75, 3.05) is 11.9 Å². The van der Waals surface area contributed by atoms with Gasteiger partial charge in [-0.1, -0.05) is 18.0 Å². The van der Waals surface area contributed by atoms with Crippen LogP contribution in [0.2, 0.25) is 5.02 Å². The van der Waals surface area contributed by atoms with Crippen molar-refractivity contribution in [1.82, 2.24) is 4.90 Å². The molecule has 0 radical (unpaired) electrons. The van der Waals surface area contributed by atoms with Crippen LogP contribution in [0.5, 0.6) is 0 Å². The molecule has 0 spiro atoms. The monoisotopic (exact) mass is 428 g/mol. The first-order chi connectivity index (χ1) is 13.4. The summed E-state index contributed by atoms with van der Waals surface area (Å²) >= 11 is 5.74. The average molecular weight is 429 g/mol. The van der Waals surface area contributed by atoms with Crippen LogP contribution < -0.4 is 4.90 Å². The maximum Gasteiger partial charge on any atom is 0.417 e. The lowest BCUT2D eigenvalue weighted by molar-refractivity contribution is -0.135. The van der Waals surface area contributed by atoms with Crippen LogP contribution in [-0.2, 0) is 14.3 Å². The van der Waals surface area contributed by atoms with E-state index >= 15 is 0 Å². The van der Waals surface area contributed by atoms with E-state index in [4.69, 9.17) is 16.3 Å². The highest BCUT2D eigenvalue weighted by Crippen LogP contribution is 2.44. The number of carbonyl (C=O) groups excluding carboxylic acids is 3. The van der Waals surface area contributed by atoms with E-state index in [0.29, 0.717) is 18.9 Å². The second-order valence-electron chi connectivity index (χ2n) is 8.45. The first-order valence-corrected chi connectivity index (χ1v) is 9.78. The Morgan fingerprint density at radius 1 is 1.21 bits per heavy atom. The molecule has 0 bridgehead atoms. The molecule has 1 aliphatic carbocycles. The van der Waals surface area contributed by atoms with Gasteiger partial charge >= 0.3 is 6.09 Å². The number of ether oxygens (including phenoxy) is 1. The summed E-state index contributed by atoms with van der Waals surface area (Å²) in [7, 11) is 1.30. The number of rotatable bonds is 2. The largest absolute Gasteiger partial charge is 0.443 e. The molecule has 3 atom stereocenters. The molecule has 0 N–H and O–H groups in total. The summed E-state index contributed by atoms with van der Waals surface area (Å²) in [6, 6.07) is 0.480. The highest BCUT2D eigenvalue weighted by molar-refractivity contribution is 6.31. The Morgan fingerprint density at radius 2 is 1.86 bits per heavy atom. The van der Waals surface area contributed by atoms with Crippen LogP contribution in [0, 0.1) is 23.5 Å². The zero-order valence-corrected chi connectivity index (χ0v) is 17.4. The molecular formula is C20H23ClF2N2O4. The fourth-order valence-electron chi connectivity index (χ4n) is 4.07. The van der Waals surface area contributed by atoms with Crippen molar-refractivity contribution in [2.45, 2.75) is 51.7 Å². The van der Waals surface area contributed by atoms with Crippen LogP contribution in [0.25, 0.3) is 0 Å². The molecular weight excluding hydrogens is 406 g/mol. The summed E-state index contributed by atoms with van der Waals surface area (Å²) in [6.45, 7) is 4.97. The summed E-state index contributed by atoms with van der Waals surface area (Å²) < 4.78 is 33.1. The molecule has 29 heavy (non-hydrogen) atoms. The van der Waals surface area contributed by atoms with Gasteiger partial charge in [-0.25, -0.2) is 18.5 Å². The van der Waals surface area contributed by atoms with Crippen molar-refractivity contribution in [3.63, 3.8) is 0 Å². The Balaban J connectivity index is 1.96. The molecule has 1 aromatic rings. The predicted molar refractivity (Wildman–Crippen MR) is 102 cm³/mol. The van der Waals surface area contributed by atoms with E-state index in [1.165, 1.54) is 7.05 Å². The summed E-state index contributed by atoms with van der Waals surface area (Å²) in [5.74, 6) is -3.85. The minimum Gasteiger partial charge on any atom is -0.443 e. The van der Waals surface area contributed by atoms with Crippen LogP contribution in [0.15, 0.2) is 12.1 Å². The van der Waals surface area contributed by atoms with Gasteiger partial charge in [-0.3, -0.25) is 9.59 Å². The predicted octanol–water partition coefficient (Wildman–Crippen LogP) is 4.14.